The van der Waals surface area contributed by atoms with Gasteiger partial charge in [0, 0.05) is 13.1 Å². The Labute approximate surface area is 154 Å². The van der Waals surface area contributed by atoms with Gasteiger partial charge in [-0.05, 0) is 43.5 Å². The number of benzene rings is 1. The first-order valence-electron chi connectivity index (χ1n) is 9.38. The first-order valence-corrected chi connectivity index (χ1v) is 9.38. The second kappa shape index (κ2) is 11.9. The van der Waals surface area contributed by atoms with Gasteiger partial charge in [0.1, 0.15) is 5.75 Å². The number of aryl methyl sites for hydroxylation is 1. The molecule has 0 atom stereocenters. The summed E-state index contributed by atoms with van der Waals surface area (Å²) < 4.78 is 5.90. The van der Waals surface area contributed by atoms with Gasteiger partial charge in [-0.15, -0.1) is 0 Å². The van der Waals surface area contributed by atoms with Crippen molar-refractivity contribution in [3.63, 3.8) is 0 Å². The highest BCUT2D eigenvalue weighted by Gasteiger charge is 2.17. The molecule has 0 aliphatic carbocycles. The van der Waals surface area contributed by atoms with Gasteiger partial charge >= 0.3 is 0 Å². The average molecular weight is 351 g/mol. The van der Waals surface area contributed by atoms with E-state index in [1.54, 1.807) is 0 Å². The van der Waals surface area contributed by atoms with E-state index in [2.05, 4.69) is 51.2 Å². The second-order valence-electron chi connectivity index (χ2n) is 7.44. The smallest absolute Gasteiger partial charge is 0.257 e. The lowest BCUT2D eigenvalue weighted by Gasteiger charge is -2.22. The van der Waals surface area contributed by atoms with Crippen molar-refractivity contribution in [3.8, 4) is 5.75 Å². The summed E-state index contributed by atoms with van der Waals surface area (Å²) in [5.41, 5.74) is 2.52. The number of para-hydroxylation sites is 1. The summed E-state index contributed by atoms with van der Waals surface area (Å²) in [7, 11) is 3.97. The fourth-order valence-corrected chi connectivity index (χ4v) is 2.42. The first-order chi connectivity index (χ1) is 11.7. The molecule has 0 aromatic heterocycles. The number of carbonyl (C=O) groups excluding carboxylic acids is 1. The van der Waals surface area contributed by atoms with Gasteiger partial charge in [0.05, 0.1) is 0 Å². The maximum atomic E-state index is 11.9. The van der Waals surface area contributed by atoms with E-state index in [1.807, 2.05) is 32.8 Å². The van der Waals surface area contributed by atoms with E-state index < -0.39 is 0 Å². The Bertz CT molecular complexity index is 505. The molecule has 0 aliphatic heterocycles. The number of rotatable bonds is 8. The van der Waals surface area contributed by atoms with Crippen LogP contribution in [-0.4, -0.2) is 44.6 Å². The molecule has 0 saturated heterocycles. The fraction of sp³-hybridized carbons (Fsp3) is 0.667. The van der Waals surface area contributed by atoms with E-state index in [-0.39, 0.29) is 17.9 Å². The number of nitrogens with one attached hydrogen (secondary N) is 1. The van der Waals surface area contributed by atoms with Crippen LogP contribution in [0, 0.1) is 5.41 Å². The third-order valence-electron chi connectivity index (χ3n) is 3.51. The van der Waals surface area contributed by atoms with E-state index in [9.17, 15) is 4.79 Å². The van der Waals surface area contributed by atoms with Crippen LogP contribution in [0.2, 0.25) is 0 Å². The van der Waals surface area contributed by atoms with Gasteiger partial charge in [0.25, 0.3) is 5.91 Å². The van der Waals surface area contributed by atoms with Crippen LogP contribution in [0.5, 0.6) is 5.75 Å². The van der Waals surface area contributed by atoms with Crippen molar-refractivity contribution in [3.05, 3.63) is 29.3 Å². The monoisotopic (exact) mass is 350 g/mol. The van der Waals surface area contributed by atoms with Gasteiger partial charge in [-0.2, -0.15) is 0 Å². The molecule has 1 amide bonds. The van der Waals surface area contributed by atoms with Gasteiger partial charge < -0.3 is 15.0 Å². The Hall–Kier alpha value is -1.55. The van der Waals surface area contributed by atoms with Crippen LogP contribution in [0.25, 0.3) is 0 Å². The molecule has 144 valence electrons. The van der Waals surface area contributed by atoms with Crippen molar-refractivity contribution in [1.29, 1.82) is 0 Å². The van der Waals surface area contributed by atoms with Crippen LogP contribution in [0.15, 0.2) is 18.2 Å². The highest BCUT2D eigenvalue weighted by molar-refractivity contribution is 5.77. The number of amides is 1. The van der Waals surface area contributed by atoms with Gasteiger partial charge in [0.15, 0.2) is 6.61 Å². The molecule has 0 unspecified atom stereocenters. The number of hydrogen-bond acceptors (Lipinski definition) is 3. The minimum atomic E-state index is -0.0699. The van der Waals surface area contributed by atoms with Crippen molar-refractivity contribution in [2.45, 2.75) is 54.4 Å². The summed E-state index contributed by atoms with van der Waals surface area (Å²) in [4.78, 5) is 14.0. The predicted molar refractivity (Wildman–Crippen MR) is 107 cm³/mol. The van der Waals surface area contributed by atoms with Crippen LogP contribution in [0.1, 0.15) is 52.7 Å². The Morgan fingerprint density at radius 2 is 1.76 bits per heavy atom. The molecule has 25 heavy (non-hydrogen) atoms. The van der Waals surface area contributed by atoms with E-state index in [4.69, 9.17) is 4.74 Å². The lowest BCUT2D eigenvalue weighted by atomic mass is 9.87. The van der Waals surface area contributed by atoms with E-state index >= 15 is 0 Å². The zero-order valence-electron chi connectivity index (χ0n) is 17.5. The van der Waals surface area contributed by atoms with Gasteiger partial charge in [-0.1, -0.05) is 59.7 Å². The van der Waals surface area contributed by atoms with E-state index in [0.717, 1.165) is 30.7 Å². The average Bonchev–Trinajstić information content (AvgIpc) is 2.53. The van der Waals surface area contributed by atoms with Crippen LogP contribution in [0.3, 0.4) is 0 Å². The van der Waals surface area contributed by atoms with Crippen molar-refractivity contribution in [2.24, 2.45) is 5.41 Å². The molecule has 0 radical (unpaired) electrons. The van der Waals surface area contributed by atoms with Gasteiger partial charge in [-0.3, -0.25) is 4.79 Å². The minimum absolute atomic E-state index is 0.0699. The SMILES string of the molecule is CC.CCc1cccc(CC(C)(C)C)c1OCC(=O)NCCN(C)C. The molecule has 1 N–H and O–H groups in total. The Kier molecular flexibility index (Phi) is 11.2. The minimum Gasteiger partial charge on any atom is -0.483 e. The molecule has 4 heteroatoms. The quantitative estimate of drug-likeness (QED) is 0.772. The summed E-state index contributed by atoms with van der Waals surface area (Å²) in [6.45, 7) is 14.3. The molecule has 1 aromatic rings. The highest BCUT2D eigenvalue weighted by Crippen LogP contribution is 2.30. The highest BCUT2D eigenvalue weighted by atomic mass is 16.5. The predicted octanol–water partition coefficient (Wildman–Crippen LogP) is 3.92. The molecule has 0 spiro atoms. The number of hydrogen-bond donors (Lipinski definition) is 1. The lowest BCUT2D eigenvalue weighted by Crippen LogP contribution is -2.34. The van der Waals surface area contributed by atoms with Crippen LogP contribution in [0.4, 0.5) is 0 Å². The normalized spacial score (nSPS) is 10.9. The van der Waals surface area contributed by atoms with Gasteiger partial charge in [-0.25, -0.2) is 0 Å². The second-order valence-corrected chi connectivity index (χ2v) is 7.44. The molecule has 1 rings (SSSR count). The molecule has 1 aromatic carbocycles. The molecular formula is C21H38N2O2. The summed E-state index contributed by atoms with van der Waals surface area (Å²) >= 11 is 0. The molecule has 0 fully saturated rings. The third kappa shape index (κ3) is 10.1. The molecular weight excluding hydrogens is 312 g/mol. The maximum absolute atomic E-state index is 11.9. The largest absolute Gasteiger partial charge is 0.483 e. The molecule has 0 aliphatic rings. The summed E-state index contributed by atoms with van der Waals surface area (Å²) in [6.07, 6.45) is 1.83. The maximum Gasteiger partial charge on any atom is 0.257 e. The van der Waals surface area contributed by atoms with Crippen molar-refractivity contribution >= 4 is 5.91 Å². The summed E-state index contributed by atoms with van der Waals surface area (Å²) in [6, 6.07) is 6.25. The lowest BCUT2D eigenvalue weighted by molar-refractivity contribution is -0.123. The van der Waals surface area contributed by atoms with Crippen LogP contribution < -0.4 is 10.1 Å². The topological polar surface area (TPSA) is 41.6 Å². The van der Waals surface area contributed by atoms with Crippen LogP contribution >= 0.6 is 0 Å². The number of carbonyl (C=O) groups is 1. The van der Waals surface area contributed by atoms with E-state index in [1.165, 1.54) is 5.56 Å². The number of likely N-dealkylation sites (N-methyl/N-ethyl adjacent to an activating group) is 1. The number of nitrogens with zero attached hydrogens (tertiary/aromatic N) is 1. The number of ether oxygens (including phenoxy) is 1. The van der Waals surface area contributed by atoms with Gasteiger partial charge in [0.2, 0.25) is 0 Å². The summed E-state index contributed by atoms with van der Waals surface area (Å²) in [5.74, 6) is 0.812. The van der Waals surface area contributed by atoms with Crippen molar-refractivity contribution in [1.82, 2.24) is 10.2 Å². The molecule has 0 saturated carbocycles. The molecule has 0 bridgehead atoms. The summed E-state index contributed by atoms with van der Waals surface area (Å²) in [5, 5.41) is 2.88. The zero-order chi connectivity index (χ0) is 19.5. The fourth-order valence-electron chi connectivity index (χ4n) is 2.42. The van der Waals surface area contributed by atoms with Crippen molar-refractivity contribution in [2.75, 3.05) is 33.8 Å². The van der Waals surface area contributed by atoms with Crippen molar-refractivity contribution < 1.29 is 9.53 Å². The standard InChI is InChI=1S/C19H32N2O2.C2H6/c1-7-15-9-8-10-16(13-19(2,3)4)18(15)23-14-17(22)20-11-12-21(5)6;1-2/h8-10H,7,11-14H2,1-6H3,(H,20,22);1-2H3. The molecule has 4 nitrogen and oxygen atoms in total. The Balaban J connectivity index is 0.00000277. The van der Waals surface area contributed by atoms with Crippen LogP contribution in [-0.2, 0) is 17.6 Å². The zero-order valence-corrected chi connectivity index (χ0v) is 17.5. The third-order valence-corrected chi connectivity index (χ3v) is 3.51. The first kappa shape index (κ1) is 23.4. The molecule has 0 heterocycles. The Morgan fingerprint density at radius 3 is 2.28 bits per heavy atom. The Morgan fingerprint density at radius 1 is 1.16 bits per heavy atom. The van der Waals surface area contributed by atoms with E-state index in [0.29, 0.717) is 6.54 Å².